The van der Waals surface area contributed by atoms with Crippen LogP contribution in [0.25, 0.3) is 0 Å². The molecule has 0 radical (unpaired) electrons. The van der Waals surface area contributed by atoms with Crippen LogP contribution in [-0.4, -0.2) is 25.0 Å². The standard InChI is InChI=1S/C20H18F3N3O/c1-19(20(22,23)12-27-11-18(25)26-19)16-9-15(6-7-17(16)21)8-13-2-4-14(10-24)5-3-13/h2-7,9H,8,11-12H2,1H3,(H2,25,26)/t19-/m1/s1. The molecule has 1 aliphatic heterocycles. The van der Waals surface area contributed by atoms with Crippen molar-refractivity contribution in [1.82, 2.24) is 0 Å². The van der Waals surface area contributed by atoms with E-state index in [9.17, 15) is 13.2 Å². The van der Waals surface area contributed by atoms with Gasteiger partial charge < -0.3 is 10.5 Å². The second-order valence-corrected chi connectivity index (χ2v) is 6.67. The molecule has 0 amide bonds. The molecule has 2 N–H and O–H groups in total. The number of alkyl halides is 2. The van der Waals surface area contributed by atoms with E-state index in [1.54, 1.807) is 30.3 Å². The summed E-state index contributed by atoms with van der Waals surface area (Å²) >= 11 is 0. The first-order chi connectivity index (χ1) is 12.7. The zero-order valence-electron chi connectivity index (χ0n) is 14.7. The van der Waals surface area contributed by atoms with E-state index in [2.05, 4.69) is 4.99 Å². The van der Waals surface area contributed by atoms with E-state index in [1.165, 1.54) is 13.0 Å². The van der Waals surface area contributed by atoms with Gasteiger partial charge in [0, 0.05) is 5.56 Å². The number of hydrogen-bond donors (Lipinski definition) is 1. The highest BCUT2D eigenvalue weighted by Crippen LogP contribution is 2.43. The molecule has 0 aliphatic carbocycles. The van der Waals surface area contributed by atoms with Crippen LogP contribution in [-0.2, 0) is 16.7 Å². The molecule has 27 heavy (non-hydrogen) atoms. The molecule has 140 valence electrons. The fraction of sp³-hybridized carbons (Fsp3) is 0.300. The Morgan fingerprint density at radius 3 is 2.52 bits per heavy atom. The van der Waals surface area contributed by atoms with Crippen molar-refractivity contribution >= 4 is 5.84 Å². The number of benzene rings is 2. The fourth-order valence-electron chi connectivity index (χ4n) is 3.07. The maximum absolute atomic E-state index is 14.7. The number of nitrogens with two attached hydrogens (primary N) is 1. The second-order valence-electron chi connectivity index (χ2n) is 6.67. The normalized spacial score (nSPS) is 21.8. The molecule has 1 atom stereocenters. The monoisotopic (exact) mass is 373 g/mol. The average molecular weight is 373 g/mol. The van der Waals surface area contributed by atoms with Gasteiger partial charge in [0.2, 0.25) is 0 Å². The molecule has 0 bridgehead atoms. The Hall–Kier alpha value is -2.85. The van der Waals surface area contributed by atoms with Crippen LogP contribution in [0.1, 0.15) is 29.2 Å². The Labute approximate surface area is 155 Å². The summed E-state index contributed by atoms with van der Waals surface area (Å²) in [5, 5.41) is 8.86. The van der Waals surface area contributed by atoms with Crippen LogP contribution < -0.4 is 5.73 Å². The van der Waals surface area contributed by atoms with Crippen molar-refractivity contribution in [3.63, 3.8) is 0 Å². The molecule has 0 unspecified atom stereocenters. The highest BCUT2D eigenvalue weighted by Gasteiger charge is 2.54. The Kier molecular flexibility index (Phi) is 4.94. The minimum atomic E-state index is -3.43. The third-order valence-corrected chi connectivity index (χ3v) is 4.66. The molecule has 1 heterocycles. The topological polar surface area (TPSA) is 71.4 Å². The minimum Gasteiger partial charge on any atom is -0.385 e. The van der Waals surface area contributed by atoms with E-state index in [0.29, 0.717) is 17.5 Å². The molecular formula is C20H18F3N3O. The Balaban J connectivity index is 2.01. The number of hydrogen-bond acceptors (Lipinski definition) is 4. The van der Waals surface area contributed by atoms with Crippen molar-refractivity contribution < 1.29 is 17.9 Å². The molecule has 0 fully saturated rings. The van der Waals surface area contributed by atoms with Gasteiger partial charge in [0.25, 0.3) is 5.92 Å². The van der Waals surface area contributed by atoms with Gasteiger partial charge in [0.05, 0.1) is 11.6 Å². The SMILES string of the molecule is C[C@]1(c2cc(Cc3ccc(C#N)cc3)ccc2F)N=C(N)COCC1(F)F. The first-order valence-electron chi connectivity index (χ1n) is 8.33. The summed E-state index contributed by atoms with van der Waals surface area (Å²) in [5.41, 5.74) is 5.29. The number of aliphatic imine (C=N–C) groups is 1. The number of ether oxygens (including phenoxy) is 1. The van der Waals surface area contributed by atoms with Crippen LogP contribution in [0.3, 0.4) is 0 Å². The summed E-state index contributed by atoms with van der Waals surface area (Å²) < 4.78 is 48.8. The van der Waals surface area contributed by atoms with E-state index >= 15 is 0 Å². The fourth-order valence-corrected chi connectivity index (χ4v) is 3.07. The highest BCUT2D eigenvalue weighted by atomic mass is 19.3. The average Bonchev–Trinajstić information content (AvgIpc) is 2.73. The Morgan fingerprint density at radius 2 is 1.85 bits per heavy atom. The molecule has 0 saturated carbocycles. The van der Waals surface area contributed by atoms with Gasteiger partial charge >= 0.3 is 0 Å². The lowest BCUT2D eigenvalue weighted by Gasteiger charge is -2.33. The predicted molar refractivity (Wildman–Crippen MR) is 95.1 cm³/mol. The van der Waals surface area contributed by atoms with E-state index in [0.717, 1.165) is 11.6 Å². The molecule has 0 saturated heterocycles. The van der Waals surface area contributed by atoms with Crippen LogP contribution in [0, 0.1) is 17.1 Å². The van der Waals surface area contributed by atoms with Crippen molar-refractivity contribution in [2.24, 2.45) is 10.7 Å². The third-order valence-electron chi connectivity index (χ3n) is 4.66. The molecular weight excluding hydrogens is 355 g/mol. The summed E-state index contributed by atoms with van der Waals surface area (Å²) in [7, 11) is 0. The summed E-state index contributed by atoms with van der Waals surface area (Å²) in [4.78, 5) is 3.91. The lowest BCUT2D eigenvalue weighted by molar-refractivity contribution is -0.116. The van der Waals surface area contributed by atoms with Gasteiger partial charge in [-0.1, -0.05) is 18.2 Å². The smallest absolute Gasteiger partial charge is 0.299 e. The van der Waals surface area contributed by atoms with Crippen LogP contribution in [0.15, 0.2) is 47.5 Å². The first-order valence-corrected chi connectivity index (χ1v) is 8.33. The highest BCUT2D eigenvalue weighted by molar-refractivity contribution is 5.82. The molecule has 2 aromatic rings. The Morgan fingerprint density at radius 1 is 1.19 bits per heavy atom. The van der Waals surface area contributed by atoms with Gasteiger partial charge in [-0.05, 0) is 48.7 Å². The van der Waals surface area contributed by atoms with Crippen molar-refractivity contribution in [3.8, 4) is 6.07 Å². The summed E-state index contributed by atoms with van der Waals surface area (Å²) in [6.45, 7) is 0.0448. The maximum Gasteiger partial charge on any atom is 0.299 e. The zero-order chi connectivity index (χ0) is 19.7. The van der Waals surface area contributed by atoms with Gasteiger partial charge in [-0.25, -0.2) is 13.2 Å². The number of amidine groups is 1. The zero-order valence-corrected chi connectivity index (χ0v) is 14.7. The lowest BCUT2D eigenvalue weighted by atomic mass is 9.84. The van der Waals surface area contributed by atoms with Crippen molar-refractivity contribution in [1.29, 1.82) is 5.26 Å². The largest absolute Gasteiger partial charge is 0.385 e. The van der Waals surface area contributed by atoms with Gasteiger partial charge in [0.15, 0.2) is 5.54 Å². The van der Waals surface area contributed by atoms with Crippen molar-refractivity contribution in [2.75, 3.05) is 13.2 Å². The minimum absolute atomic E-state index is 0.105. The Bertz CT molecular complexity index is 919. The van der Waals surface area contributed by atoms with Gasteiger partial charge in [-0.15, -0.1) is 0 Å². The van der Waals surface area contributed by atoms with Gasteiger partial charge in [-0.3, -0.25) is 4.99 Å². The number of rotatable bonds is 3. The van der Waals surface area contributed by atoms with Crippen LogP contribution >= 0.6 is 0 Å². The molecule has 7 heteroatoms. The molecule has 2 aromatic carbocycles. The van der Waals surface area contributed by atoms with Crippen LogP contribution in [0.5, 0.6) is 0 Å². The van der Waals surface area contributed by atoms with Crippen molar-refractivity contribution in [3.05, 3.63) is 70.5 Å². The summed E-state index contributed by atoms with van der Waals surface area (Å²) in [6, 6.07) is 13.0. The third kappa shape index (κ3) is 3.67. The summed E-state index contributed by atoms with van der Waals surface area (Å²) in [5.74, 6) is -4.31. The molecule has 4 nitrogen and oxygen atoms in total. The van der Waals surface area contributed by atoms with Gasteiger partial charge in [-0.2, -0.15) is 5.26 Å². The number of halogens is 3. The molecule has 1 aliphatic rings. The maximum atomic E-state index is 14.7. The number of nitriles is 1. The van der Waals surface area contributed by atoms with Crippen LogP contribution in [0.2, 0.25) is 0 Å². The van der Waals surface area contributed by atoms with E-state index in [4.69, 9.17) is 15.7 Å². The van der Waals surface area contributed by atoms with Crippen LogP contribution in [0.4, 0.5) is 13.2 Å². The molecule has 0 spiro atoms. The molecule has 0 aromatic heterocycles. The predicted octanol–water partition coefficient (Wildman–Crippen LogP) is 3.53. The quantitative estimate of drug-likeness (QED) is 0.895. The summed E-state index contributed by atoms with van der Waals surface area (Å²) in [6.07, 6.45) is 0.399. The lowest BCUT2D eigenvalue weighted by Crippen LogP contribution is -2.45. The number of nitrogens with zero attached hydrogens (tertiary/aromatic N) is 2. The van der Waals surface area contributed by atoms with Gasteiger partial charge in [0.1, 0.15) is 24.9 Å². The first kappa shape index (κ1) is 18.9. The van der Waals surface area contributed by atoms with Crippen molar-refractivity contribution in [2.45, 2.75) is 24.8 Å². The molecule has 3 rings (SSSR count). The van der Waals surface area contributed by atoms with E-state index in [1.807, 2.05) is 6.07 Å². The van der Waals surface area contributed by atoms with E-state index in [-0.39, 0.29) is 18.0 Å². The van der Waals surface area contributed by atoms with E-state index < -0.39 is 23.9 Å². The second kappa shape index (κ2) is 7.05.